The highest BCUT2D eigenvalue weighted by atomic mass is 14.5. The first-order chi connectivity index (χ1) is 22.3. The zero-order valence-corrected chi connectivity index (χ0v) is 26.8. The maximum absolute atomic E-state index is 4.25. The monoisotopic (exact) mass is 586 g/mol. The lowest BCUT2D eigenvalue weighted by molar-refractivity contribution is 0.655. The van der Waals surface area contributed by atoms with Gasteiger partial charge in [-0.3, -0.25) is 0 Å². The smallest absolute Gasteiger partial charge is 0.0165 e. The molecule has 2 aliphatic carbocycles. The Morgan fingerprint density at radius 1 is 0.478 bits per heavy atom. The predicted molar refractivity (Wildman–Crippen MR) is 200 cm³/mol. The Kier molecular flexibility index (Phi) is 4.72. The molecule has 46 heavy (non-hydrogen) atoms. The quantitative estimate of drug-likeness (QED) is 0.177. The third-order valence-corrected chi connectivity index (χ3v) is 11.7. The van der Waals surface area contributed by atoms with Gasteiger partial charge in [0.05, 0.1) is 0 Å². The maximum atomic E-state index is 4.25. The van der Waals surface area contributed by atoms with E-state index in [1.807, 2.05) is 12.2 Å². The number of fused-ring (bicyclic) bond motifs is 12. The van der Waals surface area contributed by atoms with E-state index in [-0.39, 0.29) is 10.8 Å². The van der Waals surface area contributed by atoms with Crippen molar-refractivity contribution in [3.63, 3.8) is 0 Å². The number of rotatable bonds is 2. The van der Waals surface area contributed by atoms with Crippen molar-refractivity contribution in [2.24, 2.45) is 0 Å². The molecule has 0 unspecified atom stereocenters. The molecule has 0 saturated carbocycles. The van der Waals surface area contributed by atoms with Crippen LogP contribution in [0.2, 0.25) is 0 Å². The lowest BCUT2D eigenvalue weighted by atomic mass is 9.77. The standard InChI is InChI=1S/C46H34/c1-7-25-18-21-33-41(29(25)8-2)30-14-9-10-15-31(30)43-35-24-36-34(23-37(35)46(5,6)44(33)43)42-32-20-19-27-13-11-12-26-16-17-28(40(32)39(26)27)22-38(42)45(36,3)4/h7-24H,1-2H2,3-6H3. The summed E-state index contributed by atoms with van der Waals surface area (Å²) < 4.78 is 0. The number of hydrogen-bond donors (Lipinski definition) is 0. The molecule has 0 bridgehead atoms. The van der Waals surface area contributed by atoms with Crippen molar-refractivity contribution in [3.05, 3.63) is 144 Å². The molecule has 8 aromatic carbocycles. The highest BCUT2D eigenvalue weighted by molar-refractivity contribution is 6.27. The van der Waals surface area contributed by atoms with Crippen LogP contribution in [0.15, 0.2) is 110 Å². The van der Waals surface area contributed by atoms with Crippen molar-refractivity contribution in [2.45, 2.75) is 38.5 Å². The van der Waals surface area contributed by atoms with Gasteiger partial charge in [-0.15, -0.1) is 0 Å². The van der Waals surface area contributed by atoms with Crippen molar-refractivity contribution in [1.29, 1.82) is 0 Å². The van der Waals surface area contributed by atoms with Gasteiger partial charge in [0.15, 0.2) is 0 Å². The first-order valence-corrected chi connectivity index (χ1v) is 16.4. The lowest BCUT2D eigenvalue weighted by Crippen LogP contribution is -2.17. The fourth-order valence-electron chi connectivity index (χ4n) is 9.57. The zero-order chi connectivity index (χ0) is 31.3. The Hall–Kier alpha value is -5.20. The molecule has 0 radical (unpaired) electrons. The normalized spacial score (nSPS) is 15.5. The fourth-order valence-corrected chi connectivity index (χ4v) is 9.57. The summed E-state index contributed by atoms with van der Waals surface area (Å²) in [4.78, 5) is 0. The van der Waals surface area contributed by atoms with E-state index in [1.165, 1.54) is 104 Å². The van der Waals surface area contributed by atoms with Crippen molar-refractivity contribution in [3.8, 4) is 22.3 Å². The Balaban J connectivity index is 1.35. The van der Waals surface area contributed by atoms with Crippen molar-refractivity contribution >= 4 is 66.0 Å². The van der Waals surface area contributed by atoms with Gasteiger partial charge >= 0.3 is 0 Å². The third kappa shape index (κ3) is 2.88. The van der Waals surface area contributed by atoms with Crippen molar-refractivity contribution in [1.82, 2.24) is 0 Å². The second-order valence-corrected chi connectivity index (χ2v) is 14.5. The minimum Gasteiger partial charge on any atom is -0.0984 e. The molecule has 0 heteroatoms. The van der Waals surface area contributed by atoms with Gasteiger partial charge in [-0.1, -0.05) is 132 Å². The van der Waals surface area contributed by atoms with Crippen LogP contribution in [0, 0.1) is 0 Å². The summed E-state index contributed by atoms with van der Waals surface area (Å²) in [7, 11) is 0. The summed E-state index contributed by atoms with van der Waals surface area (Å²) in [6.07, 6.45) is 3.97. The Bertz CT molecular complexity index is 2690. The highest BCUT2D eigenvalue weighted by Gasteiger charge is 2.44. The number of hydrogen-bond acceptors (Lipinski definition) is 0. The fraction of sp³-hybridized carbons (Fsp3) is 0.130. The topological polar surface area (TPSA) is 0 Å². The van der Waals surface area contributed by atoms with Crippen LogP contribution in [0.3, 0.4) is 0 Å². The van der Waals surface area contributed by atoms with Gasteiger partial charge < -0.3 is 0 Å². The molecule has 0 saturated heterocycles. The van der Waals surface area contributed by atoms with Crippen LogP contribution in [0.1, 0.15) is 61.1 Å². The van der Waals surface area contributed by atoms with Crippen LogP contribution in [0.25, 0.3) is 88.3 Å². The SMILES string of the molecule is C=Cc1ccc2c3c(c4ccccc4c2c1C=C)-c1cc2c(cc1C3(C)C)-c1c(cc3ccc4cccc5ccc1c3c45)C2(C)C. The Morgan fingerprint density at radius 3 is 1.87 bits per heavy atom. The molecular weight excluding hydrogens is 553 g/mol. The summed E-state index contributed by atoms with van der Waals surface area (Å²) in [5.41, 5.74) is 13.3. The molecule has 2 aliphatic rings. The minimum atomic E-state index is -0.188. The molecule has 0 amide bonds. The molecule has 218 valence electrons. The summed E-state index contributed by atoms with van der Waals surface area (Å²) in [6.45, 7) is 18.1. The third-order valence-electron chi connectivity index (χ3n) is 11.7. The van der Waals surface area contributed by atoms with E-state index in [2.05, 4.69) is 138 Å². The van der Waals surface area contributed by atoms with Crippen LogP contribution in [0.5, 0.6) is 0 Å². The van der Waals surface area contributed by atoms with Gasteiger partial charge in [0, 0.05) is 10.8 Å². The van der Waals surface area contributed by atoms with E-state index in [4.69, 9.17) is 0 Å². The maximum Gasteiger partial charge on any atom is 0.0165 e. The average molecular weight is 587 g/mol. The molecule has 0 heterocycles. The Labute approximate surface area is 269 Å². The summed E-state index contributed by atoms with van der Waals surface area (Å²) >= 11 is 0. The van der Waals surface area contributed by atoms with Gasteiger partial charge in [-0.2, -0.15) is 0 Å². The van der Waals surface area contributed by atoms with Crippen LogP contribution in [0.4, 0.5) is 0 Å². The van der Waals surface area contributed by atoms with Gasteiger partial charge in [0.2, 0.25) is 0 Å². The molecule has 0 atom stereocenters. The van der Waals surface area contributed by atoms with Gasteiger partial charge in [0.1, 0.15) is 0 Å². The molecular formula is C46H34. The number of benzene rings is 8. The van der Waals surface area contributed by atoms with E-state index in [0.717, 1.165) is 5.56 Å². The molecule has 0 aromatic heterocycles. The summed E-state index contributed by atoms with van der Waals surface area (Å²) in [5, 5.41) is 13.3. The van der Waals surface area contributed by atoms with E-state index in [0.29, 0.717) is 0 Å². The van der Waals surface area contributed by atoms with Crippen LogP contribution >= 0.6 is 0 Å². The lowest BCUT2D eigenvalue weighted by Gasteiger charge is -2.25. The molecule has 10 rings (SSSR count). The molecule has 0 aliphatic heterocycles. The largest absolute Gasteiger partial charge is 0.0984 e. The zero-order valence-electron chi connectivity index (χ0n) is 26.8. The van der Waals surface area contributed by atoms with Gasteiger partial charge in [-0.25, -0.2) is 0 Å². The predicted octanol–water partition coefficient (Wildman–Crippen LogP) is 12.8. The van der Waals surface area contributed by atoms with E-state index < -0.39 is 0 Å². The van der Waals surface area contributed by atoms with Gasteiger partial charge in [-0.05, 0) is 128 Å². The van der Waals surface area contributed by atoms with E-state index in [1.54, 1.807) is 0 Å². The second-order valence-electron chi connectivity index (χ2n) is 14.5. The highest BCUT2D eigenvalue weighted by Crippen LogP contribution is 2.60. The molecule has 8 aromatic rings. The van der Waals surface area contributed by atoms with E-state index in [9.17, 15) is 0 Å². The van der Waals surface area contributed by atoms with Gasteiger partial charge in [0.25, 0.3) is 0 Å². The summed E-state index contributed by atoms with van der Waals surface area (Å²) in [6, 6.07) is 37.2. The summed E-state index contributed by atoms with van der Waals surface area (Å²) in [5.74, 6) is 0. The van der Waals surface area contributed by atoms with Crippen molar-refractivity contribution in [2.75, 3.05) is 0 Å². The van der Waals surface area contributed by atoms with E-state index >= 15 is 0 Å². The first kappa shape index (κ1) is 26.1. The molecule has 0 nitrogen and oxygen atoms in total. The van der Waals surface area contributed by atoms with Crippen LogP contribution < -0.4 is 0 Å². The van der Waals surface area contributed by atoms with Crippen LogP contribution in [-0.4, -0.2) is 0 Å². The molecule has 0 fully saturated rings. The average Bonchev–Trinajstić information content (AvgIpc) is 3.44. The molecule has 0 spiro atoms. The molecule has 0 N–H and O–H groups in total. The van der Waals surface area contributed by atoms with Crippen LogP contribution in [-0.2, 0) is 10.8 Å². The minimum absolute atomic E-state index is 0.126. The van der Waals surface area contributed by atoms with Crippen molar-refractivity contribution < 1.29 is 0 Å². The Morgan fingerprint density at radius 2 is 1.13 bits per heavy atom. The first-order valence-electron chi connectivity index (χ1n) is 16.4. The second kappa shape index (κ2) is 8.33.